The van der Waals surface area contributed by atoms with Gasteiger partial charge in [-0.25, -0.2) is 4.79 Å². The predicted molar refractivity (Wildman–Crippen MR) is 110 cm³/mol. The number of aromatic amines is 1. The normalized spacial score (nSPS) is 11.1. The quantitative estimate of drug-likeness (QED) is 0.685. The lowest BCUT2D eigenvalue weighted by Gasteiger charge is -2.25. The Morgan fingerprint density at radius 3 is 2.70 bits per heavy atom. The highest BCUT2D eigenvalue weighted by atomic mass is 32.1. The topological polar surface area (TPSA) is 101 Å². The fourth-order valence-corrected chi connectivity index (χ4v) is 3.59. The summed E-state index contributed by atoms with van der Waals surface area (Å²) in [4.78, 5) is 41.3. The van der Waals surface area contributed by atoms with Crippen LogP contribution in [-0.2, 0) is 17.8 Å². The van der Waals surface area contributed by atoms with E-state index in [9.17, 15) is 14.4 Å². The van der Waals surface area contributed by atoms with Crippen molar-refractivity contribution in [3.63, 3.8) is 0 Å². The molecule has 0 aliphatic rings. The maximum absolute atomic E-state index is 12.9. The molecule has 2 aromatic heterocycles. The lowest BCUT2D eigenvalue weighted by atomic mass is 10.1. The predicted octanol–water partition coefficient (Wildman–Crippen LogP) is 2.60. The molecular weight excluding hydrogens is 364 g/mol. The second-order valence-electron chi connectivity index (χ2n) is 7.03. The Bertz CT molecular complexity index is 868. The molecule has 2 rings (SSSR count). The van der Waals surface area contributed by atoms with Gasteiger partial charge in [-0.15, -0.1) is 0 Å². The summed E-state index contributed by atoms with van der Waals surface area (Å²) in [5.41, 5.74) is 6.20. The minimum absolute atomic E-state index is 0.0532. The van der Waals surface area contributed by atoms with Gasteiger partial charge in [0.15, 0.2) is 5.69 Å². The first kappa shape index (κ1) is 21.0. The molecule has 0 saturated carbocycles. The van der Waals surface area contributed by atoms with Gasteiger partial charge in [0.1, 0.15) is 5.82 Å². The third-order valence-electron chi connectivity index (χ3n) is 4.28. The van der Waals surface area contributed by atoms with Crippen molar-refractivity contribution < 1.29 is 4.79 Å². The molecule has 0 aliphatic heterocycles. The van der Waals surface area contributed by atoms with Crippen molar-refractivity contribution in [3.8, 4) is 0 Å². The van der Waals surface area contributed by atoms with E-state index >= 15 is 0 Å². The summed E-state index contributed by atoms with van der Waals surface area (Å²) < 4.78 is 1.34. The standard InChI is InChI=1S/C19H28N4O3S/c1-4-5-9-22(15(24)7-6-14-8-10-27-12-14)16-17(20)23(11-13(2)3)19(26)21-18(16)25/h8,10,12-13H,4-7,9,11,20H2,1-3H3,(H,21,25,26). The minimum Gasteiger partial charge on any atom is -0.383 e. The molecule has 0 radical (unpaired) electrons. The Labute approximate surface area is 162 Å². The third-order valence-corrected chi connectivity index (χ3v) is 5.01. The van der Waals surface area contributed by atoms with Gasteiger partial charge >= 0.3 is 5.69 Å². The van der Waals surface area contributed by atoms with Crippen molar-refractivity contribution in [3.05, 3.63) is 43.2 Å². The number of rotatable bonds is 9. The van der Waals surface area contributed by atoms with E-state index in [4.69, 9.17) is 5.73 Å². The number of anilines is 2. The van der Waals surface area contributed by atoms with Crippen molar-refractivity contribution in [1.82, 2.24) is 9.55 Å². The number of hydrogen-bond donors (Lipinski definition) is 2. The van der Waals surface area contributed by atoms with Crippen LogP contribution in [0.3, 0.4) is 0 Å². The average molecular weight is 393 g/mol. The highest BCUT2D eigenvalue weighted by Crippen LogP contribution is 2.20. The second-order valence-corrected chi connectivity index (χ2v) is 7.81. The Morgan fingerprint density at radius 2 is 2.11 bits per heavy atom. The van der Waals surface area contributed by atoms with Gasteiger partial charge in [-0.05, 0) is 41.1 Å². The van der Waals surface area contributed by atoms with Crippen LogP contribution >= 0.6 is 11.3 Å². The summed E-state index contributed by atoms with van der Waals surface area (Å²) in [6.07, 6.45) is 2.50. The molecular formula is C19H28N4O3S. The smallest absolute Gasteiger partial charge is 0.330 e. The fourth-order valence-electron chi connectivity index (χ4n) is 2.88. The molecule has 8 heteroatoms. The Balaban J connectivity index is 2.38. The molecule has 7 nitrogen and oxygen atoms in total. The molecule has 1 amide bonds. The molecule has 0 atom stereocenters. The monoisotopic (exact) mass is 392 g/mol. The van der Waals surface area contributed by atoms with Crippen LogP contribution in [0.5, 0.6) is 0 Å². The first-order valence-electron chi connectivity index (χ1n) is 9.29. The van der Waals surface area contributed by atoms with E-state index in [1.807, 2.05) is 37.6 Å². The van der Waals surface area contributed by atoms with Crippen molar-refractivity contribution in [1.29, 1.82) is 0 Å². The summed E-state index contributed by atoms with van der Waals surface area (Å²) in [6.45, 7) is 6.70. The Morgan fingerprint density at radius 1 is 1.37 bits per heavy atom. The van der Waals surface area contributed by atoms with Crippen LogP contribution in [0.1, 0.15) is 45.6 Å². The lowest BCUT2D eigenvalue weighted by molar-refractivity contribution is -0.118. The maximum Gasteiger partial charge on any atom is 0.330 e. The van der Waals surface area contributed by atoms with Crippen LogP contribution in [0.4, 0.5) is 11.5 Å². The number of aryl methyl sites for hydroxylation is 1. The van der Waals surface area contributed by atoms with Crippen LogP contribution < -0.4 is 21.9 Å². The number of H-pyrrole nitrogens is 1. The molecule has 0 aliphatic carbocycles. The summed E-state index contributed by atoms with van der Waals surface area (Å²) in [5, 5.41) is 3.98. The van der Waals surface area contributed by atoms with Crippen LogP contribution in [0.25, 0.3) is 0 Å². The summed E-state index contributed by atoms with van der Waals surface area (Å²) in [6, 6.07) is 1.98. The van der Waals surface area contributed by atoms with Crippen molar-refractivity contribution >= 4 is 28.7 Å². The highest BCUT2D eigenvalue weighted by Gasteiger charge is 2.24. The SMILES string of the molecule is CCCCN(C(=O)CCc1ccsc1)c1c(N)n(CC(C)C)c(=O)[nH]c1=O. The number of unbranched alkanes of at least 4 members (excludes halogenated alkanes) is 1. The Kier molecular flexibility index (Phi) is 7.41. The first-order valence-corrected chi connectivity index (χ1v) is 10.2. The number of nitrogen functional groups attached to an aromatic ring is 1. The van der Waals surface area contributed by atoms with E-state index in [0.717, 1.165) is 18.4 Å². The first-order chi connectivity index (χ1) is 12.8. The second kappa shape index (κ2) is 9.55. The molecule has 3 N–H and O–H groups in total. The fraction of sp³-hybridized carbons (Fsp3) is 0.526. The van der Waals surface area contributed by atoms with Gasteiger partial charge in [0, 0.05) is 19.5 Å². The van der Waals surface area contributed by atoms with Crippen molar-refractivity contribution in [2.75, 3.05) is 17.2 Å². The van der Waals surface area contributed by atoms with E-state index in [1.54, 1.807) is 11.3 Å². The maximum atomic E-state index is 12.9. The number of amides is 1. The van der Waals surface area contributed by atoms with Crippen molar-refractivity contribution in [2.45, 2.75) is 53.0 Å². The Hall–Kier alpha value is -2.35. The number of nitrogens with two attached hydrogens (primary N) is 1. The van der Waals surface area contributed by atoms with E-state index in [1.165, 1.54) is 9.47 Å². The van der Waals surface area contributed by atoms with E-state index in [-0.39, 0.29) is 29.8 Å². The molecule has 2 heterocycles. The van der Waals surface area contributed by atoms with Crippen LogP contribution in [0.15, 0.2) is 26.4 Å². The number of hydrogen-bond acceptors (Lipinski definition) is 5. The van der Waals surface area contributed by atoms with Crippen molar-refractivity contribution in [2.24, 2.45) is 5.92 Å². The van der Waals surface area contributed by atoms with Gasteiger partial charge in [0.25, 0.3) is 5.56 Å². The summed E-state index contributed by atoms with van der Waals surface area (Å²) in [5.74, 6) is 0.0566. The lowest BCUT2D eigenvalue weighted by Crippen LogP contribution is -2.42. The van der Waals surface area contributed by atoms with Crippen LogP contribution in [0, 0.1) is 5.92 Å². The van der Waals surface area contributed by atoms with E-state index < -0.39 is 11.2 Å². The van der Waals surface area contributed by atoms with E-state index in [0.29, 0.717) is 19.5 Å². The molecule has 0 aromatic carbocycles. The summed E-state index contributed by atoms with van der Waals surface area (Å²) in [7, 11) is 0. The number of aromatic nitrogens is 2. The molecule has 0 unspecified atom stereocenters. The van der Waals surface area contributed by atoms with Crippen LogP contribution in [-0.4, -0.2) is 22.0 Å². The zero-order chi connectivity index (χ0) is 20.0. The molecule has 0 saturated heterocycles. The highest BCUT2D eigenvalue weighted by molar-refractivity contribution is 7.07. The minimum atomic E-state index is -0.613. The van der Waals surface area contributed by atoms with Gasteiger partial charge in [0.05, 0.1) is 0 Å². The number of nitrogens with one attached hydrogen (secondary N) is 1. The van der Waals surface area contributed by atoms with Crippen LogP contribution in [0.2, 0.25) is 0 Å². The number of nitrogens with zero attached hydrogens (tertiary/aromatic N) is 2. The van der Waals surface area contributed by atoms with Gasteiger partial charge in [0.2, 0.25) is 5.91 Å². The number of carbonyl (C=O) groups is 1. The van der Waals surface area contributed by atoms with Gasteiger partial charge < -0.3 is 10.6 Å². The zero-order valence-corrected chi connectivity index (χ0v) is 17.0. The average Bonchev–Trinajstić information content (AvgIpc) is 3.12. The van der Waals surface area contributed by atoms with Gasteiger partial charge in [-0.2, -0.15) is 11.3 Å². The molecule has 27 heavy (non-hydrogen) atoms. The molecule has 2 aromatic rings. The molecule has 0 bridgehead atoms. The van der Waals surface area contributed by atoms with Gasteiger partial charge in [-0.3, -0.25) is 19.1 Å². The summed E-state index contributed by atoms with van der Waals surface area (Å²) >= 11 is 1.59. The zero-order valence-electron chi connectivity index (χ0n) is 16.2. The largest absolute Gasteiger partial charge is 0.383 e. The molecule has 148 valence electrons. The number of thiophene rings is 1. The van der Waals surface area contributed by atoms with Gasteiger partial charge in [-0.1, -0.05) is 27.2 Å². The molecule has 0 fully saturated rings. The third kappa shape index (κ3) is 5.32. The van der Waals surface area contributed by atoms with E-state index in [2.05, 4.69) is 4.98 Å². The molecule has 0 spiro atoms. The number of carbonyl (C=O) groups excluding carboxylic acids is 1.